The van der Waals surface area contributed by atoms with Crippen molar-refractivity contribution in [2.24, 2.45) is 0 Å². The Kier molecular flexibility index (Phi) is 16.8. The van der Waals surface area contributed by atoms with E-state index < -0.39 is 98.4 Å². The van der Waals surface area contributed by atoms with Crippen LogP contribution in [0.1, 0.15) is 22.8 Å². The van der Waals surface area contributed by atoms with Crippen molar-refractivity contribution in [2.45, 2.75) is 124 Å². The van der Waals surface area contributed by atoms with Gasteiger partial charge in [0.1, 0.15) is 96.2 Å². The van der Waals surface area contributed by atoms with Crippen molar-refractivity contribution < 1.29 is 99.2 Å². The molecule has 24 nitrogen and oxygen atoms in total. The number of aliphatic hydroxyl groups excluding tert-OH is 12. The number of hydrogen-bond donors (Lipinski definition) is 14. The largest absolute Gasteiger partial charge is 0.462 e. The van der Waals surface area contributed by atoms with Gasteiger partial charge in [-0.1, -0.05) is 48.5 Å². The van der Waals surface area contributed by atoms with E-state index in [1.165, 1.54) is 0 Å². The summed E-state index contributed by atoms with van der Waals surface area (Å²) in [5.41, 5.74) is 11.7. The molecule has 3 aromatic heterocycles. The van der Waals surface area contributed by atoms with Crippen LogP contribution in [0.2, 0.25) is 0 Å². The molecule has 13 rings (SSSR count). The Bertz CT molecular complexity index is 3310. The lowest BCUT2D eigenvalue weighted by molar-refractivity contribution is -0.242. The summed E-state index contributed by atoms with van der Waals surface area (Å²) in [6.07, 6.45) is -20.2. The van der Waals surface area contributed by atoms with E-state index in [-0.39, 0.29) is 26.4 Å². The van der Waals surface area contributed by atoms with E-state index >= 15 is 0 Å². The molecule has 6 aliphatic rings. The molecule has 0 aliphatic carbocycles. The van der Waals surface area contributed by atoms with E-state index in [1.54, 1.807) is 48.5 Å². The first-order valence-corrected chi connectivity index (χ1v) is 29.0. The molecule has 7 aromatic rings. The monoisotopic (exact) mass is 1210 g/mol. The van der Waals surface area contributed by atoms with Crippen LogP contribution in [0.25, 0.3) is 66.6 Å². The summed E-state index contributed by atoms with van der Waals surface area (Å²) < 4.78 is 46.2. The molecule has 14 N–H and O–H groups in total. The molecule has 88 heavy (non-hydrogen) atoms. The molecule has 0 amide bonds. The predicted molar refractivity (Wildman–Crippen MR) is 311 cm³/mol. The van der Waals surface area contributed by atoms with Crippen LogP contribution in [0.15, 0.2) is 121 Å². The van der Waals surface area contributed by atoms with Crippen LogP contribution >= 0.6 is 0 Å². The lowest BCUT2D eigenvalue weighted by atomic mass is 10.0. The molecule has 16 atom stereocenters. The standard InChI is InChI=1S/C64H66N4O20/c69-45-25-81-61(57(77)53(45)73)85-33-9-1-29(2-10-33)49-37-17-19-39(65-37)50(30-3-11-34(12-4-30)86-62-58(78)54(74)46(70)26-82-62)41-21-23-43(67-41)52(32-7-15-36(16-8-32)88-64-60(80)56(76)48(72)28-84-64)44-24-22-42(68-44)51(40-20-18-38(49)66-40)31-5-13-35(14-6-31)87-63-59(79)55(75)47(71)27-83-63/h1-17,19,22,24,45-48,53-65,68-80H,18,20-21,23,25-28H2/t45-,46-,47-,48-,53+,54+,55+,56+,57-,58-,59-,60-,61?,62?,63?,64?/m1/s1. The van der Waals surface area contributed by atoms with Gasteiger partial charge in [-0.15, -0.1) is 0 Å². The van der Waals surface area contributed by atoms with Gasteiger partial charge in [0.25, 0.3) is 0 Å². The Hall–Kier alpha value is -7.44. The maximum Gasteiger partial charge on any atom is 0.228 e. The van der Waals surface area contributed by atoms with Gasteiger partial charge in [0.15, 0.2) is 0 Å². The number of aromatic nitrogens is 4. The van der Waals surface area contributed by atoms with Crippen LogP contribution in [-0.4, -0.2) is 206 Å². The Morgan fingerprint density at radius 3 is 0.693 bits per heavy atom. The summed E-state index contributed by atoms with van der Waals surface area (Å²) in [6, 6.07) is 36.5. The summed E-state index contributed by atoms with van der Waals surface area (Å²) in [4.78, 5) is 18.5. The fourth-order valence-corrected chi connectivity index (χ4v) is 11.9. The van der Waals surface area contributed by atoms with Crippen molar-refractivity contribution in [2.75, 3.05) is 26.4 Å². The van der Waals surface area contributed by atoms with Crippen molar-refractivity contribution in [3.63, 3.8) is 0 Å². The Morgan fingerprint density at radius 1 is 0.284 bits per heavy atom. The highest BCUT2D eigenvalue weighted by molar-refractivity contribution is 5.92. The number of H-pyrrole nitrogens is 2. The number of aliphatic hydroxyl groups is 12. The number of benzene rings is 4. The highest BCUT2D eigenvalue weighted by Crippen LogP contribution is 2.40. The molecular formula is C64H66N4O20. The number of ether oxygens (including phenoxy) is 8. The molecule has 4 unspecified atom stereocenters. The first-order chi connectivity index (χ1) is 42.5. The maximum absolute atomic E-state index is 10.7. The van der Waals surface area contributed by atoms with Gasteiger partial charge in [0.05, 0.1) is 49.2 Å². The van der Waals surface area contributed by atoms with E-state index in [2.05, 4.69) is 9.97 Å². The molecule has 4 fully saturated rings. The lowest BCUT2D eigenvalue weighted by Crippen LogP contribution is -2.54. The molecule has 24 heteroatoms. The van der Waals surface area contributed by atoms with Crippen LogP contribution in [0.3, 0.4) is 0 Å². The van der Waals surface area contributed by atoms with Crippen molar-refractivity contribution >= 4 is 22.1 Å². The zero-order chi connectivity index (χ0) is 61.1. The first-order valence-electron chi connectivity index (χ1n) is 29.0. The zero-order valence-corrected chi connectivity index (χ0v) is 47.0. The smallest absolute Gasteiger partial charge is 0.228 e. The molecule has 462 valence electrons. The summed E-state index contributed by atoms with van der Waals surface area (Å²) >= 11 is 0. The molecule has 6 aliphatic heterocycles. The van der Waals surface area contributed by atoms with E-state index in [0.717, 1.165) is 67.3 Å². The Labute approximate surface area is 501 Å². The number of aryl methyl sites for hydroxylation is 4. The molecule has 0 saturated carbocycles. The van der Waals surface area contributed by atoms with Crippen molar-refractivity contribution in [1.82, 2.24) is 19.9 Å². The first kappa shape index (κ1) is 59.5. The van der Waals surface area contributed by atoms with E-state index in [0.29, 0.717) is 70.7 Å². The van der Waals surface area contributed by atoms with E-state index in [4.69, 9.17) is 47.9 Å². The van der Waals surface area contributed by atoms with Crippen LogP contribution in [0, 0.1) is 0 Å². The van der Waals surface area contributed by atoms with Gasteiger partial charge in [-0.2, -0.15) is 0 Å². The number of fused-ring (bicyclic) bond motifs is 8. The van der Waals surface area contributed by atoms with Gasteiger partial charge in [-0.05, 0) is 121 Å². The second-order valence-corrected chi connectivity index (χ2v) is 22.7. The minimum Gasteiger partial charge on any atom is -0.462 e. The SMILES string of the molecule is O[C@H]1[C@H](O)COC(Oc2ccc(-c3c4nc(c(-c5ccc(OC6OC[C@@H](O)[C@H](O)[C@H]6O)cc5)c5ccc([nH]5)c(-c5ccc(OC6OC[C@@H](O)[C@H](O)[C@H]6O)cc5)c5nc(c(-c6ccc(OC7OC[C@@H](O)[C@H](O)[C@H]7O)cc6)c6ccc3[nH]6)CC5)CC4)cc2)[C@@H]1O. The molecule has 8 bridgehead atoms. The molecule has 4 aromatic carbocycles. The van der Waals surface area contributed by atoms with Gasteiger partial charge >= 0.3 is 0 Å². The lowest BCUT2D eigenvalue weighted by Gasteiger charge is -2.34. The third kappa shape index (κ3) is 11.7. The van der Waals surface area contributed by atoms with Crippen molar-refractivity contribution in [3.05, 3.63) is 144 Å². The fourth-order valence-electron chi connectivity index (χ4n) is 11.9. The minimum atomic E-state index is -1.52. The molecule has 9 heterocycles. The van der Waals surface area contributed by atoms with Gasteiger partial charge in [-0.3, -0.25) is 9.97 Å². The van der Waals surface area contributed by atoms with Gasteiger partial charge in [0.2, 0.25) is 25.2 Å². The third-order valence-corrected chi connectivity index (χ3v) is 16.7. The molecule has 4 saturated heterocycles. The topological polar surface area (TPSA) is 374 Å². The predicted octanol–water partition coefficient (Wildman–Crippen LogP) is 1.82. The van der Waals surface area contributed by atoms with Crippen molar-refractivity contribution in [3.8, 4) is 67.5 Å². The highest BCUT2D eigenvalue weighted by Gasteiger charge is 2.42. The number of aromatic amines is 2. The average Bonchev–Trinajstić information content (AvgIpc) is 2.81. The molecular weight excluding hydrogens is 1140 g/mol. The van der Waals surface area contributed by atoms with Gasteiger partial charge < -0.3 is 109 Å². The normalized spacial score (nSPS) is 30.0. The fraction of sp³-hybridized carbons (Fsp3) is 0.375. The number of rotatable bonds is 12. The quantitative estimate of drug-likeness (QED) is 0.0830. The van der Waals surface area contributed by atoms with E-state index in [9.17, 15) is 61.3 Å². The van der Waals surface area contributed by atoms with Crippen LogP contribution in [-0.2, 0) is 44.6 Å². The Balaban J connectivity index is 0.982. The van der Waals surface area contributed by atoms with Crippen LogP contribution in [0.4, 0.5) is 0 Å². The average molecular weight is 1210 g/mol. The maximum atomic E-state index is 10.7. The summed E-state index contributed by atoms with van der Waals surface area (Å²) in [7, 11) is 0. The minimum absolute atomic E-state index is 0.239. The van der Waals surface area contributed by atoms with Crippen LogP contribution in [0.5, 0.6) is 23.0 Å². The second-order valence-electron chi connectivity index (χ2n) is 22.7. The highest BCUT2D eigenvalue weighted by atomic mass is 16.7. The van der Waals surface area contributed by atoms with Gasteiger partial charge in [0, 0.05) is 44.3 Å². The third-order valence-electron chi connectivity index (χ3n) is 16.7. The Morgan fingerprint density at radius 2 is 0.489 bits per heavy atom. The summed E-state index contributed by atoms with van der Waals surface area (Å²) in [5, 5.41) is 125. The van der Waals surface area contributed by atoms with Crippen LogP contribution < -0.4 is 18.9 Å². The zero-order valence-electron chi connectivity index (χ0n) is 47.0. The number of nitrogens with zero attached hydrogens (tertiary/aromatic N) is 2. The van der Waals surface area contributed by atoms with Crippen molar-refractivity contribution in [1.29, 1.82) is 0 Å². The molecule has 0 radical (unpaired) electrons. The number of nitrogens with one attached hydrogen (secondary N) is 2. The summed E-state index contributed by atoms with van der Waals surface area (Å²) in [5.74, 6) is 1.30. The second kappa shape index (κ2) is 24.9. The van der Waals surface area contributed by atoms with E-state index in [1.807, 2.05) is 72.8 Å². The number of hydrogen-bond acceptors (Lipinski definition) is 22. The summed E-state index contributed by atoms with van der Waals surface area (Å²) in [6.45, 7) is -0.955. The van der Waals surface area contributed by atoms with Gasteiger partial charge in [-0.25, -0.2) is 0 Å². The molecule has 0 spiro atoms.